The van der Waals surface area contributed by atoms with Crippen LogP contribution in [0, 0.1) is 0 Å². The van der Waals surface area contributed by atoms with Crippen molar-refractivity contribution in [2.45, 2.75) is 52.6 Å². The Morgan fingerprint density at radius 2 is 1.71 bits per heavy atom. The fourth-order valence-corrected chi connectivity index (χ4v) is 2.37. The molecule has 1 fully saturated rings. The first kappa shape index (κ1) is 14.9. The fourth-order valence-electron chi connectivity index (χ4n) is 2.37. The Labute approximate surface area is 108 Å². The summed E-state index contributed by atoms with van der Waals surface area (Å²) in [4.78, 5) is 5.19. The van der Waals surface area contributed by atoms with E-state index in [0.29, 0.717) is 12.1 Å². The summed E-state index contributed by atoms with van der Waals surface area (Å²) in [7, 11) is 0. The van der Waals surface area contributed by atoms with Crippen LogP contribution < -0.4 is 5.32 Å². The Kier molecular flexibility index (Phi) is 7.09. The van der Waals surface area contributed by atoms with Crippen LogP contribution >= 0.6 is 0 Å². The molecule has 0 bridgehead atoms. The molecule has 0 aromatic heterocycles. The molecular weight excluding hydrogens is 210 g/mol. The molecule has 1 aliphatic heterocycles. The molecular formula is C14H31N3. The van der Waals surface area contributed by atoms with Gasteiger partial charge in [0.2, 0.25) is 0 Å². The number of rotatable bonds is 7. The van der Waals surface area contributed by atoms with Crippen molar-refractivity contribution < 1.29 is 0 Å². The van der Waals surface area contributed by atoms with Crippen molar-refractivity contribution in [2.75, 3.05) is 39.3 Å². The highest BCUT2D eigenvalue weighted by Gasteiger charge is 2.18. The Morgan fingerprint density at radius 3 is 2.24 bits per heavy atom. The highest BCUT2D eigenvalue weighted by molar-refractivity contribution is 4.75. The summed E-state index contributed by atoms with van der Waals surface area (Å²) in [5, 5.41) is 3.56. The number of hydrogen-bond acceptors (Lipinski definition) is 3. The van der Waals surface area contributed by atoms with E-state index < -0.39 is 0 Å². The highest BCUT2D eigenvalue weighted by atomic mass is 15.3. The fraction of sp³-hybridized carbons (Fsp3) is 1.00. The van der Waals surface area contributed by atoms with E-state index >= 15 is 0 Å². The van der Waals surface area contributed by atoms with Crippen LogP contribution in [0.1, 0.15) is 40.5 Å². The molecule has 1 aliphatic rings. The van der Waals surface area contributed by atoms with Gasteiger partial charge in [-0.25, -0.2) is 0 Å². The molecule has 1 rings (SSSR count). The average Bonchev–Trinajstić information content (AvgIpc) is 2.34. The summed E-state index contributed by atoms with van der Waals surface area (Å²) >= 11 is 0. The maximum Gasteiger partial charge on any atom is 0.0113 e. The molecule has 17 heavy (non-hydrogen) atoms. The first-order valence-corrected chi connectivity index (χ1v) is 7.33. The predicted molar refractivity (Wildman–Crippen MR) is 75.5 cm³/mol. The largest absolute Gasteiger partial charge is 0.314 e. The van der Waals surface area contributed by atoms with E-state index in [4.69, 9.17) is 0 Å². The van der Waals surface area contributed by atoms with E-state index in [0.717, 1.165) is 6.54 Å². The highest BCUT2D eigenvalue weighted by Crippen LogP contribution is 2.06. The SMILES string of the molecule is CCCNC(C)CCN1CCN(C(C)C)CC1. The number of nitrogens with zero attached hydrogens (tertiary/aromatic N) is 2. The van der Waals surface area contributed by atoms with Crippen LogP contribution in [-0.2, 0) is 0 Å². The zero-order valence-electron chi connectivity index (χ0n) is 12.2. The standard InChI is InChI=1S/C14H31N3/c1-5-7-15-14(4)6-8-16-9-11-17(12-10-16)13(2)3/h13-15H,5-12H2,1-4H3. The van der Waals surface area contributed by atoms with Crippen LogP contribution in [-0.4, -0.2) is 61.2 Å². The average molecular weight is 241 g/mol. The van der Waals surface area contributed by atoms with Gasteiger partial charge < -0.3 is 10.2 Å². The second kappa shape index (κ2) is 8.06. The molecule has 0 amide bonds. The minimum Gasteiger partial charge on any atom is -0.314 e. The molecule has 0 aliphatic carbocycles. The predicted octanol–water partition coefficient (Wildman–Crippen LogP) is 1.79. The Hall–Kier alpha value is -0.120. The van der Waals surface area contributed by atoms with Gasteiger partial charge in [0.05, 0.1) is 0 Å². The topological polar surface area (TPSA) is 18.5 Å². The van der Waals surface area contributed by atoms with Crippen LogP contribution in [0.2, 0.25) is 0 Å². The number of piperazine rings is 1. The zero-order valence-corrected chi connectivity index (χ0v) is 12.2. The van der Waals surface area contributed by atoms with Crippen LogP contribution in [0.25, 0.3) is 0 Å². The minimum absolute atomic E-state index is 0.665. The Balaban J connectivity index is 2.09. The van der Waals surface area contributed by atoms with Gasteiger partial charge >= 0.3 is 0 Å². The van der Waals surface area contributed by atoms with E-state index in [2.05, 4.69) is 42.8 Å². The van der Waals surface area contributed by atoms with Gasteiger partial charge in [-0.3, -0.25) is 4.90 Å². The summed E-state index contributed by atoms with van der Waals surface area (Å²) in [5.74, 6) is 0. The first-order valence-electron chi connectivity index (χ1n) is 7.33. The van der Waals surface area contributed by atoms with E-state index in [1.54, 1.807) is 0 Å². The van der Waals surface area contributed by atoms with Gasteiger partial charge in [0.15, 0.2) is 0 Å². The van der Waals surface area contributed by atoms with Gasteiger partial charge in [-0.2, -0.15) is 0 Å². The van der Waals surface area contributed by atoms with Gasteiger partial charge in [-0.1, -0.05) is 6.92 Å². The zero-order chi connectivity index (χ0) is 12.7. The smallest absolute Gasteiger partial charge is 0.0113 e. The number of hydrogen-bond donors (Lipinski definition) is 1. The van der Waals surface area contributed by atoms with Crippen LogP contribution in [0.3, 0.4) is 0 Å². The van der Waals surface area contributed by atoms with E-state index in [1.165, 1.54) is 45.6 Å². The van der Waals surface area contributed by atoms with Crippen LogP contribution in [0.4, 0.5) is 0 Å². The number of nitrogens with one attached hydrogen (secondary N) is 1. The minimum atomic E-state index is 0.665. The molecule has 0 aromatic carbocycles. The summed E-state index contributed by atoms with van der Waals surface area (Å²) in [5.41, 5.74) is 0. The van der Waals surface area contributed by atoms with Crippen LogP contribution in [0.5, 0.6) is 0 Å². The van der Waals surface area contributed by atoms with Gasteiger partial charge in [0.25, 0.3) is 0 Å². The van der Waals surface area contributed by atoms with Gasteiger partial charge in [0, 0.05) is 38.3 Å². The lowest BCUT2D eigenvalue weighted by Crippen LogP contribution is -2.49. The summed E-state index contributed by atoms with van der Waals surface area (Å²) in [6.45, 7) is 16.5. The molecule has 1 N–H and O–H groups in total. The van der Waals surface area contributed by atoms with Crippen molar-refractivity contribution >= 4 is 0 Å². The van der Waals surface area contributed by atoms with Crippen molar-refractivity contribution in [2.24, 2.45) is 0 Å². The maximum atomic E-state index is 3.56. The molecule has 1 saturated heterocycles. The van der Waals surface area contributed by atoms with Gasteiger partial charge in [-0.15, -0.1) is 0 Å². The third-order valence-electron chi connectivity index (χ3n) is 3.76. The quantitative estimate of drug-likeness (QED) is 0.733. The summed E-state index contributed by atoms with van der Waals surface area (Å²) in [6.07, 6.45) is 2.51. The molecule has 0 saturated carbocycles. The lowest BCUT2D eigenvalue weighted by Gasteiger charge is -2.37. The van der Waals surface area contributed by atoms with E-state index in [9.17, 15) is 0 Å². The third-order valence-corrected chi connectivity index (χ3v) is 3.76. The maximum absolute atomic E-state index is 3.56. The van der Waals surface area contributed by atoms with E-state index in [-0.39, 0.29) is 0 Å². The second-order valence-electron chi connectivity index (χ2n) is 5.62. The van der Waals surface area contributed by atoms with Crippen molar-refractivity contribution in [3.8, 4) is 0 Å². The summed E-state index contributed by atoms with van der Waals surface area (Å²) < 4.78 is 0. The van der Waals surface area contributed by atoms with Crippen molar-refractivity contribution in [3.05, 3.63) is 0 Å². The molecule has 3 heteroatoms. The lowest BCUT2D eigenvalue weighted by molar-refractivity contribution is 0.106. The monoisotopic (exact) mass is 241 g/mol. The first-order chi connectivity index (χ1) is 8.13. The van der Waals surface area contributed by atoms with Crippen LogP contribution in [0.15, 0.2) is 0 Å². The van der Waals surface area contributed by atoms with Crippen molar-refractivity contribution in [1.82, 2.24) is 15.1 Å². The third kappa shape index (κ3) is 5.84. The molecule has 0 aromatic rings. The van der Waals surface area contributed by atoms with E-state index in [1.807, 2.05) is 0 Å². The van der Waals surface area contributed by atoms with Crippen molar-refractivity contribution in [1.29, 1.82) is 0 Å². The Bertz CT molecular complexity index is 186. The van der Waals surface area contributed by atoms with Gasteiger partial charge in [-0.05, 0) is 46.7 Å². The molecule has 3 nitrogen and oxygen atoms in total. The molecule has 1 heterocycles. The Morgan fingerprint density at radius 1 is 1.06 bits per heavy atom. The second-order valence-corrected chi connectivity index (χ2v) is 5.62. The van der Waals surface area contributed by atoms with Gasteiger partial charge in [0.1, 0.15) is 0 Å². The normalized spacial score (nSPS) is 21.0. The van der Waals surface area contributed by atoms with Crippen molar-refractivity contribution in [3.63, 3.8) is 0 Å². The molecule has 102 valence electrons. The molecule has 1 atom stereocenters. The molecule has 1 unspecified atom stereocenters. The summed E-state index contributed by atoms with van der Waals surface area (Å²) in [6, 6.07) is 1.38. The molecule has 0 radical (unpaired) electrons. The lowest BCUT2D eigenvalue weighted by atomic mass is 10.2. The molecule has 0 spiro atoms.